The van der Waals surface area contributed by atoms with Gasteiger partial charge in [0.25, 0.3) is 0 Å². The Balaban J connectivity index is 2.50. The number of ether oxygens (including phenoxy) is 1. The van der Waals surface area contributed by atoms with Gasteiger partial charge in [-0.1, -0.05) is 19.1 Å². The van der Waals surface area contributed by atoms with Gasteiger partial charge in [0, 0.05) is 0 Å². The van der Waals surface area contributed by atoms with Gasteiger partial charge in [0.2, 0.25) is 0 Å². The van der Waals surface area contributed by atoms with Crippen LogP contribution in [-0.2, 0) is 11.2 Å². The predicted molar refractivity (Wildman–Crippen MR) is 61.8 cm³/mol. The van der Waals surface area contributed by atoms with Crippen molar-refractivity contribution in [3.63, 3.8) is 0 Å². The second-order valence-corrected chi connectivity index (χ2v) is 3.49. The molecule has 4 heteroatoms. The van der Waals surface area contributed by atoms with Crippen molar-refractivity contribution in [1.82, 2.24) is 5.32 Å². The van der Waals surface area contributed by atoms with E-state index in [2.05, 4.69) is 12.2 Å². The number of nitrogens with one attached hydrogen (secondary N) is 1. The van der Waals surface area contributed by atoms with Gasteiger partial charge in [0.15, 0.2) is 0 Å². The Bertz CT molecular complexity index is 335. The highest BCUT2D eigenvalue weighted by Crippen LogP contribution is 2.12. The maximum absolute atomic E-state index is 10.7. The van der Waals surface area contributed by atoms with Crippen molar-refractivity contribution < 1.29 is 14.6 Å². The molecule has 1 atom stereocenters. The summed E-state index contributed by atoms with van der Waals surface area (Å²) in [5, 5.41) is 11.5. The van der Waals surface area contributed by atoms with Crippen LogP contribution in [-0.4, -0.2) is 30.8 Å². The molecule has 0 amide bonds. The molecule has 0 spiro atoms. The van der Waals surface area contributed by atoms with Crippen molar-refractivity contribution in [2.45, 2.75) is 19.4 Å². The predicted octanol–water partition coefficient (Wildman–Crippen LogP) is 1.30. The van der Waals surface area contributed by atoms with E-state index in [0.717, 1.165) is 6.42 Å². The lowest BCUT2D eigenvalue weighted by Gasteiger charge is -2.12. The third-order valence-electron chi connectivity index (χ3n) is 2.39. The quantitative estimate of drug-likeness (QED) is 0.763. The van der Waals surface area contributed by atoms with Gasteiger partial charge in [0.1, 0.15) is 18.4 Å². The molecule has 4 nitrogen and oxygen atoms in total. The summed E-state index contributed by atoms with van der Waals surface area (Å²) in [5.41, 5.74) is 1.23. The molecule has 0 radical (unpaired) electrons. The van der Waals surface area contributed by atoms with Gasteiger partial charge in [-0.05, 0) is 31.2 Å². The second kappa shape index (κ2) is 6.12. The topological polar surface area (TPSA) is 58.6 Å². The van der Waals surface area contributed by atoms with Crippen LogP contribution in [0, 0.1) is 0 Å². The molecule has 1 aromatic rings. The van der Waals surface area contributed by atoms with Crippen LogP contribution >= 0.6 is 0 Å². The Hall–Kier alpha value is -1.55. The average molecular weight is 223 g/mol. The monoisotopic (exact) mass is 223 g/mol. The molecular weight excluding hydrogens is 206 g/mol. The van der Waals surface area contributed by atoms with E-state index in [4.69, 9.17) is 9.84 Å². The van der Waals surface area contributed by atoms with Crippen molar-refractivity contribution in [2.75, 3.05) is 13.7 Å². The Kier molecular flexibility index (Phi) is 4.79. The number of aryl methyl sites for hydroxylation is 1. The zero-order valence-electron chi connectivity index (χ0n) is 9.56. The van der Waals surface area contributed by atoms with Crippen molar-refractivity contribution in [1.29, 1.82) is 0 Å². The largest absolute Gasteiger partial charge is 0.491 e. The highest BCUT2D eigenvalue weighted by Gasteiger charge is 2.15. The summed E-state index contributed by atoms with van der Waals surface area (Å²) in [6, 6.07) is 6.99. The molecule has 2 N–H and O–H groups in total. The Morgan fingerprint density at radius 3 is 2.50 bits per heavy atom. The number of carbonyl (C=O) groups is 1. The molecule has 0 aliphatic carbocycles. The van der Waals surface area contributed by atoms with Crippen LogP contribution < -0.4 is 10.1 Å². The number of hydrogen-bond acceptors (Lipinski definition) is 3. The Labute approximate surface area is 95.2 Å². The molecule has 0 saturated carbocycles. The number of benzene rings is 1. The van der Waals surface area contributed by atoms with Crippen LogP contribution in [0.2, 0.25) is 0 Å². The normalized spacial score (nSPS) is 12.1. The van der Waals surface area contributed by atoms with Gasteiger partial charge in [0.05, 0.1) is 0 Å². The summed E-state index contributed by atoms with van der Waals surface area (Å²) in [5.74, 6) is -0.216. The second-order valence-electron chi connectivity index (χ2n) is 3.49. The van der Waals surface area contributed by atoms with E-state index < -0.39 is 12.0 Å². The standard InChI is InChI=1S/C12H17NO3/c1-3-9-4-6-10(7-5-9)16-8-11(13-2)12(14)15/h4-7,11,13H,3,8H2,1-2H3,(H,14,15)/t11-/m0/s1. The Morgan fingerprint density at radius 2 is 2.06 bits per heavy atom. The molecule has 0 aliphatic rings. The first kappa shape index (κ1) is 12.5. The fourth-order valence-corrected chi connectivity index (χ4v) is 1.28. The van der Waals surface area contributed by atoms with Gasteiger partial charge >= 0.3 is 5.97 Å². The summed E-state index contributed by atoms with van der Waals surface area (Å²) < 4.78 is 5.38. The zero-order valence-corrected chi connectivity index (χ0v) is 9.56. The maximum Gasteiger partial charge on any atom is 0.324 e. The zero-order chi connectivity index (χ0) is 12.0. The SMILES string of the molecule is CCc1ccc(OC[C@H](NC)C(=O)O)cc1. The van der Waals surface area contributed by atoms with Crippen LogP contribution in [0.15, 0.2) is 24.3 Å². The molecule has 0 fully saturated rings. The fourth-order valence-electron chi connectivity index (χ4n) is 1.28. The van der Waals surface area contributed by atoms with E-state index in [1.165, 1.54) is 5.56 Å². The number of rotatable bonds is 6. The van der Waals surface area contributed by atoms with Crippen LogP contribution in [0.1, 0.15) is 12.5 Å². The molecule has 0 aliphatic heterocycles. The molecule has 1 aromatic carbocycles. The first-order chi connectivity index (χ1) is 7.67. The van der Waals surface area contributed by atoms with Crippen LogP contribution in [0.25, 0.3) is 0 Å². The smallest absolute Gasteiger partial charge is 0.324 e. The molecule has 0 aromatic heterocycles. The molecule has 0 saturated heterocycles. The lowest BCUT2D eigenvalue weighted by atomic mass is 10.2. The third-order valence-corrected chi connectivity index (χ3v) is 2.39. The van der Waals surface area contributed by atoms with Crippen molar-refractivity contribution >= 4 is 5.97 Å². The number of likely N-dealkylation sites (N-methyl/N-ethyl adjacent to an activating group) is 1. The molecule has 16 heavy (non-hydrogen) atoms. The van der Waals surface area contributed by atoms with Gasteiger partial charge in [-0.15, -0.1) is 0 Å². The first-order valence-electron chi connectivity index (χ1n) is 5.29. The fraction of sp³-hybridized carbons (Fsp3) is 0.417. The summed E-state index contributed by atoms with van der Waals surface area (Å²) in [7, 11) is 1.60. The minimum Gasteiger partial charge on any atom is -0.491 e. The number of hydrogen-bond donors (Lipinski definition) is 2. The number of aliphatic carboxylic acids is 1. The van der Waals surface area contributed by atoms with Crippen molar-refractivity contribution in [3.05, 3.63) is 29.8 Å². The first-order valence-corrected chi connectivity index (χ1v) is 5.29. The summed E-state index contributed by atoms with van der Waals surface area (Å²) >= 11 is 0. The average Bonchev–Trinajstić information content (AvgIpc) is 2.30. The van der Waals surface area contributed by atoms with E-state index in [0.29, 0.717) is 5.75 Å². The molecule has 88 valence electrons. The highest BCUT2D eigenvalue weighted by molar-refractivity contribution is 5.73. The summed E-state index contributed by atoms with van der Waals surface area (Å²) in [6.45, 7) is 2.20. The van der Waals surface area contributed by atoms with E-state index in [1.54, 1.807) is 7.05 Å². The van der Waals surface area contributed by atoms with E-state index in [1.807, 2.05) is 24.3 Å². The molecule has 0 unspecified atom stereocenters. The molecule has 0 heterocycles. The number of carboxylic acid groups (broad SMARTS) is 1. The van der Waals surface area contributed by atoms with E-state index in [9.17, 15) is 4.79 Å². The molecule has 1 rings (SSSR count). The van der Waals surface area contributed by atoms with E-state index >= 15 is 0 Å². The van der Waals surface area contributed by atoms with Gasteiger partial charge < -0.3 is 15.2 Å². The summed E-state index contributed by atoms with van der Waals surface area (Å²) in [4.78, 5) is 10.7. The Morgan fingerprint density at radius 1 is 1.44 bits per heavy atom. The summed E-state index contributed by atoms with van der Waals surface area (Å²) in [6.07, 6.45) is 0.981. The van der Waals surface area contributed by atoms with Crippen molar-refractivity contribution in [3.8, 4) is 5.75 Å². The third kappa shape index (κ3) is 3.55. The van der Waals surface area contributed by atoms with Gasteiger partial charge in [-0.25, -0.2) is 0 Å². The minimum atomic E-state index is -0.910. The van der Waals surface area contributed by atoms with Crippen molar-refractivity contribution in [2.24, 2.45) is 0 Å². The van der Waals surface area contributed by atoms with Crippen LogP contribution in [0.4, 0.5) is 0 Å². The van der Waals surface area contributed by atoms with Gasteiger partial charge in [-0.2, -0.15) is 0 Å². The lowest BCUT2D eigenvalue weighted by molar-refractivity contribution is -0.140. The maximum atomic E-state index is 10.7. The molecular formula is C12H17NO3. The van der Waals surface area contributed by atoms with Crippen LogP contribution in [0.5, 0.6) is 5.75 Å². The van der Waals surface area contributed by atoms with Gasteiger partial charge in [-0.3, -0.25) is 4.79 Å². The minimum absolute atomic E-state index is 0.122. The van der Waals surface area contributed by atoms with Crippen LogP contribution in [0.3, 0.4) is 0 Å². The van der Waals surface area contributed by atoms with E-state index in [-0.39, 0.29) is 6.61 Å². The number of carboxylic acids is 1. The molecule has 0 bridgehead atoms. The highest BCUT2D eigenvalue weighted by atomic mass is 16.5. The lowest BCUT2D eigenvalue weighted by Crippen LogP contribution is -2.39.